The third-order valence-electron chi connectivity index (χ3n) is 7.97. The number of carbonyl (C=O) groups excluding carboxylic acids is 1. The van der Waals surface area contributed by atoms with E-state index in [1.54, 1.807) is 4.31 Å². The molecule has 0 N–H and O–H groups in total. The molecule has 1 spiro atoms. The number of piperidine rings is 1. The summed E-state index contributed by atoms with van der Waals surface area (Å²) >= 11 is 0. The minimum Gasteiger partial charge on any atom is -0.437 e. The summed E-state index contributed by atoms with van der Waals surface area (Å²) in [6, 6.07) is 6.35. The lowest BCUT2D eigenvalue weighted by molar-refractivity contribution is -0.200. The first-order chi connectivity index (χ1) is 17.3. The number of benzene rings is 1. The molecule has 1 unspecified atom stereocenters. The molecule has 3 saturated heterocycles. The van der Waals surface area contributed by atoms with E-state index in [9.17, 15) is 26.4 Å². The summed E-state index contributed by atoms with van der Waals surface area (Å²) < 4.78 is 69.2. The molecular weight excluding hydrogens is 509 g/mol. The first-order valence-electron chi connectivity index (χ1n) is 12.9. The van der Waals surface area contributed by atoms with Crippen LogP contribution in [0.3, 0.4) is 0 Å². The number of amides is 1. The Hall–Kier alpha value is -2.05. The van der Waals surface area contributed by atoms with Crippen LogP contribution in [0.25, 0.3) is 0 Å². The molecule has 1 aromatic rings. The molecule has 0 bridgehead atoms. The van der Waals surface area contributed by atoms with E-state index in [4.69, 9.17) is 0 Å². The van der Waals surface area contributed by atoms with Crippen molar-refractivity contribution in [1.82, 2.24) is 14.1 Å². The van der Waals surface area contributed by atoms with Crippen LogP contribution in [0, 0.1) is 6.92 Å². The number of sulfonamides is 1. The van der Waals surface area contributed by atoms with E-state index in [1.165, 1.54) is 11.2 Å². The molecule has 1 amide bonds. The van der Waals surface area contributed by atoms with Gasteiger partial charge in [-0.3, -0.25) is 4.90 Å². The fraction of sp³-hybridized carbons (Fsp3) is 0.720. The maximum Gasteiger partial charge on any atom is 0.425 e. The lowest BCUT2D eigenvalue weighted by atomic mass is 9.85. The van der Waals surface area contributed by atoms with Crippen LogP contribution >= 0.6 is 0 Å². The molecule has 0 radical (unpaired) electrons. The molecule has 3 heterocycles. The van der Waals surface area contributed by atoms with Crippen molar-refractivity contribution in [2.75, 3.05) is 57.0 Å². The van der Waals surface area contributed by atoms with Gasteiger partial charge in [0.15, 0.2) is 6.10 Å². The third kappa shape index (κ3) is 6.34. The highest BCUT2D eigenvalue weighted by molar-refractivity contribution is 7.88. The summed E-state index contributed by atoms with van der Waals surface area (Å²) in [6.45, 7) is 7.38. The van der Waals surface area contributed by atoms with Crippen LogP contribution in [0.5, 0.6) is 0 Å². The molecule has 0 aromatic heterocycles. The number of rotatable bonds is 5. The quantitative estimate of drug-likeness (QED) is 0.562. The minimum absolute atomic E-state index is 0.275. The Morgan fingerprint density at radius 3 is 2.30 bits per heavy atom. The first-order valence-corrected chi connectivity index (χ1v) is 14.7. The standard InChI is InChI=1S/C25H37F3N4O4S/c1-19-5-6-21(18-29-13-15-31(16-14-29)23(33)36-20(2)25(26,27)28)22(17-19)30-11-8-24(9-12-30)7-4-10-32(24)37(3,34)35/h5-6,17,20H,4,7-16,18H2,1-3H3. The van der Waals surface area contributed by atoms with Gasteiger partial charge in [0, 0.05) is 63.6 Å². The number of hydrogen-bond acceptors (Lipinski definition) is 6. The summed E-state index contributed by atoms with van der Waals surface area (Å²) in [5, 5.41) is 0. The molecular formula is C25H37F3N4O4S. The summed E-state index contributed by atoms with van der Waals surface area (Å²) in [6.07, 6.45) is -2.94. The average Bonchev–Trinajstić information content (AvgIpc) is 3.24. The number of ether oxygens (including phenoxy) is 1. The Morgan fingerprint density at radius 2 is 1.70 bits per heavy atom. The van der Waals surface area contributed by atoms with Crippen LogP contribution in [0.2, 0.25) is 0 Å². The highest BCUT2D eigenvalue weighted by Gasteiger charge is 2.47. The number of carbonyl (C=O) groups is 1. The first kappa shape index (κ1) is 28.0. The molecule has 1 aromatic carbocycles. The molecule has 3 aliphatic rings. The second-order valence-electron chi connectivity index (χ2n) is 10.6. The number of piperazine rings is 1. The Balaban J connectivity index is 1.37. The van der Waals surface area contributed by atoms with E-state index < -0.39 is 28.4 Å². The van der Waals surface area contributed by atoms with Crippen molar-refractivity contribution in [3.63, 3.8) is 0 Å². The van der Waals surface area contributed by atoms with E-state index in [2.05, 4.69) is 32.7 Å². The van der Waals surface area contributed by atoms with Gasteiger partial charge in [0.2, 0.25) is 10.0 Å². The van der Waals surface area contributed by atoms with E-state index in [-0.39, 0.29) is 5.54 Å². The number of halogens is 3. The largest absolute Gasteiger partial charge is 0.437 e. The molecule has 0 saturated carbocycles. The van der Waals surface area contributed by atoms with Gasteiger partial charge in [-0.25, -0.2) is 13.2 Å². The van der Waals surface area contributed by atoms with Gasteiger partial charge in [-0.15, -0.1) is 0 Å². The van der Waals surface area contributed by atoms with Crippen molar-refractivity contribution < 1.29 is 31.1 Å². The van der Waals surface area contributed by atoms with Crippen LogP contribution in [0.4, 0.5) is 23.7 Å². The highest BCUT2D eigenvalue weighted by Crippen LogP contribution is 2.41. The highest BCUT2D eigenvalue weighted by atomic mass is 32.2. The van der Waals surface area contributed by atoms with Crippen molar-refractivity contribution >= 4 is 21.8 Å². The van der Waals surface area contributed by atoms with Crippen LogP contribution in [-0.2, 0) is 21.3 Å². The minimum atomic E-state index is -4.58. The van der Waals surface area contributed by atoms with Crippen molar-refractivity contribution in [2.24, 2.45) is 0 Å². The van der Waals surface area contributed by atoms with Crippen molar-refractivity contribution in [3.8, 4) is 0 Å². The lowest BCUT2D eigenvalue weighted by Crippen LogP contribution is -2.54. The fourth-order valence-corrected chi connectivity index (χ4v) is 7.26. The number of nitrogens with zero attached hydrogens (tertiary/aromatic N) is 4. The molecule has 0 aliphatic carbocycles. The van der Waals surface area contributed by atoms with Crippen molar-refractivity contribution in [3.05, 3.63) is 29.3 Å². The summed E-state index contributed by atoms with van der Waals surface area (Å²) in [5.41, 5.74) is 3.15. The van der Waals surface area contributed by atoms with E-state index in [1.807, 2.05) is 6.92 Å². The SMILES string of the molecule is Cc1ccc(CN2CCN(C(=O)OC(C)C(F)(F)F)CC2)c(N2CCC3(CCCN3S(C)(=O)=O)CC2)c1. The Bertz CT molecular complexity index is 1080. The predicted octanol–water partition coefficient (Wildman–Crippen LogP) is 3.59. The van der Waals surface area contributed by atoms with Gasteiger partial charge in [-0.05, 0) is 56.7 Å². The molecule has 3 aliphatic heterocycles. The second-order valence-corrected chi connectivity index (χ2v) is 12.5. The van der Waals surface area contributed by atoms with Gasteiger partial charge in [-0.2, -0.15) is 17.5 Å². The zero-order valence-corrected chi connectivity index (χ0v) is 22.6. The molecule has 4 rings (SSSR count). The second kappa shape index (κ2) is 10.6. The zero-order chi connectivity index (χ0) is 27.0. The zero-order valence-electron chi connectivity index (χ0n) is 21.8. The van der Waals surface area contributed by atoms with Gasteiger partial charge in [0.05, 0.1) is 6.26 Å². The third-order valence-corrected chi connectivity index (χ3v) is 9.34. The number of anilines is 1. The van der Waals surface area contributed by atoms with E-state index in [0.717, 1.165) is 62.5 Å². The summed E-state index contributed by atoms with van der Waals surface area (Å²) in [4.78, 5) is 18.0. The maximum atomic E-state index is 12.7. The summed E-state index contributed by atoms with van der Waals surface area (Å²) in [7, 11) is -3.24. The van der Waals surface area contributed by atoms with Crippen molar-refractivity contribution in [2.45, 2.75) is 63.9 Å². The van der Waals surface area contributed by atoms with E-state index in [0.29, 0.717) is 39.3 Å². The molecule has 12 heteroatoms. The normalized spacial score (nSPS) is 22.4. The lowest BCUT2D eigenvalue weighted by Gasteiger charge is -2.45. The van der Waals surface area contributed by atoms with Crippen LogP contribution in [0.1, 0.15) is 43.7 Å². The predicted molar refractivity (Wildman–Crippen MR) is 135 cm³/mol. The average molecular weight is 547 g/mol. The molecule has 37 heavy (non-hydrogen) atoms. The summed E-state index contributed by atoms with van der Waals surface area (Å²) in [5.74, 6) is 0. The van der Waals surface area contributed by atoms with Crippen molar-refractivity contribution in [1.29, 1.82) is 0 Å². The van der Waals surface area contributed by atoms with Gasteiger partial charge >= 0.3 is 12.3 Å². The number of hydrogen-bond donors (Lipinski definition) is 0. The number of aryl methyl sites for hydroxylation is 1. The number of alkyl halides is 3. The van der Waals surface area contributed by atoms with Gasteiger partial charge in [0.25, 0.3) is 0 Å². The Labute approximate surface area is 217 Å². The monoisotopic (exact) mass is 546 g/mol. The maximum absolute atomic E-state index is 12.7. The van der Waals surface area contributed by atoms with E-state index >= 15 is 0 Å². The van der Waals surface area contributed by atoms with Crippen LogP contribution in [0.15, 0.2) is 18.2 Å². The fourth-order valence-electron chi connectivity index (χ4n) is 5.82. The molecule has 8 nitrogen and oxygen atoms in total. The van der Waals surface area contributed by atoms with Gasteiger partial charge < -0.3 is 14.5 Å². The topological polar surface area (TPSA) is 73.4 Å². The van der Waals surface area contributed by atoms with Gasteiger partial charge in [-0.1, -0.05) is 12.1 Å². The van der Waals surface area contributed by atoms with Crippen LogP contribution < -0.4 is 4.90 Å². The molecule has 208 valence electrons. The molecule has 3 fully saturated rings. The van der Waals surface area contributed by atoms with Gasteiger partial charge in [0.1, 0.15) is 0 Å². The van der Waals surface area contributed by atoms with Crippen LogP contribution in [-0.4, -0.2) is 98.5 Å². The Morgan fingerprint density at radius 1 is 1.05 bits per heavy atom. The Kier molecular flexibility index (Phi) is 8.02. The smallest absolute Gasteiger partial charge is 0.425 e. The molecule has 1 atom stereocenters.